The maximum absolute atomic E-state index is 13.5. The number of nitrogens with zero attached hydrogens (tertiary/aromatic N) is 5. The lowest BCUT2D eigenvalue weighted by Crippen LogP contribution is -2.38. The van der Waals surface area contributed by atoms with Crippen molar-refractivity contribution in [3.8, 4) is 6.07 Å². The van der Waals surface area contributed by atoms with E-state index >= 15 is 0 Å². The molecule has 0 saturated carbocycles. The Morgan fingerprint density at radius 3 is 2.82 bits per heavy atom. The monoisotopic (exact) mass is 536 g/mol. The smallest absolute Gasteiger partial charge is 0.271 e. The summed E-state index contributed by atoms with van der Waals surface area (Å²) in [7, 11) is 0. The first-order chi connectivity index (χ1) is 18.9. The summed E-state index contributed by atoms with van der Waals surface area (Å²) in [5.41, 5.74) is 11.6. The number of nitro benzene ring substituents is 1. The van der Waals surface area contributed by atoms with Crippen molar-refractivity contribution in [2.24, 2.45) is 5.73 Å². The molecular weight excluding hydrogens is 512 g/mol. The molecule has 6 rings (SSSR count). The molecule has 0 radical (unpaired) electrons. The first-order valence-corrected chi connectivity index (χ1v) is 13.4. The lowest BCUT2D eigenvalue weighted by atomic mass is 9.78. The van der Waals surface area contributed by atoms with Crippen LogP contribution in [0.5, 0.6) is 0 Å². The molecule has 194 valence electrons. The molecule has 2 aliphatic rings. The molecule has 0 spiro atoms. The maximum atomic E-state index is 13.5. The fourth-order valence-electron chi connectivity index (χ4n) is 5.58. The zero-order valence-corrected chi connectivity index (χ0v) is 21.9. The van der Waals surface area contributed by atoms with Gasteiger partial charge in [-0.1, -0.05) is 18.2 Å². The highest BCUT2D eigenvalue weighted by molar-refractivity contribution is 7.12. The quantitative estimate of drug-likeness (QED) is 0.257. The van der Waals surface area contributed by atoms with Gasteiger partial charge in [0.15, 0.2) is 5.78 Å². The van der Waals surface area contributed by atoms with E-state index in [4.69, 9.17) is 5.73 Å². The van der Waals surface area contributed by atoms with Gasteiger partial charge in [0, 0.05) is 39.6 Å². The number of hydrogen-bond donors (Lipinski definition) is 1. The molecule has 9 nitrogen and oxygen atoms in total. The normalized spacial score (nSPS) is 17.5. The highest BCUT2D eigenvalue weighted by Crippen LogP contribution is 2.48. The summed E-state index contributed by atoms with van der Waals surface area (Å²) in [5.74, 6) is -0.403. The van der Waals surface area contributed by atoms with Crippen LogP contribution in [0.4, 0.5) is 11.4 Å². The number of carbonyl (C=O) groups is 1. The third-order valence-electron chi connectivity index (χ3n) is 7.40. The van der Waals surface area contributed by atoms with Gasteiger partial charge in [0.2, 0.25) is 0 Å². The molecule has 1 aliphatic heterocycles. The number of nitro groups is 1. The van der Waals surface area contributed by atoms with E-state index < -0.39 is 10.8 Å². The zero-order chi connectivity index (χ0) is 27.3. The Morgan fingerprint density at radius 2 is 2.03 bits per heavy atom. The Labute approximate surface area is 228 Å². The van der Waals surface area contributed by atoms with Crippen LogP contribution in [0.15, 0.2) is 83.6 Å². The molecule has 39 heavy (non-hydrogen) atoms. The summed E-state index contributed by atoms with van der Waals surface area (Å²) in [6.07, 6.45) is 3.43. The number of nitrogens with two attached hydrogens (primary N) is 1. The predicted molar refractivity (Wildman–Crippen MR) is 149 cm³/mol. The number of rotatable bonds is 5. The minimum absolute atomic E-state index is 0.0230. The second-order valence-corrected chi connectivity index (χ2v) is 11.0. The van der Waals surface area contributed by atoms with Crippen LogP contribution in [-0.2, 0) is 11.3 Å². The molecule has 0 fully saturated rings. The number of carbonyl (C=O) groups excluding carboxylic acids is 1. The average molecular weight is 537 g/mol. The third kappa shape index (κ3) is 4.08. The summed E-state index contributed by atoms with van der Waals surface area (Å²) >= 11 is 1.56. The number of imidazole rings is 1. The Morgan fingerprint density at radius 1 is 1.21 bits per heavy atom. The van der Waals surface area contributed by atoms with E-state index in [0.717, 1.165) is 26.4 Å². The molecule has 0 unspecified atom stereocenters. The van der Waals surface area contributed by atoms with E-state index in [9.17, 15) is 20.2 Å². The van der Waals surface area contributed by atoms with Crippen LogP contribution >= 0.6 is 11.3 Å². The van der Waals surface area contributed by atoms with E-state index in [-0.39, 0.29) is 22.9 Å². The number of anilines is 1. The van der Waals surface area contributed by atoms with Gasteiger partial charge in [-0.05, 0) is 49.6 Å². The van der Waals surface area contributed by atoms with E-state index in [2.05, 4.69) is 21.7 Å². The van der Waals surface area contributed by atoms with Gasteiger partial charge in [-0.25, -0.2) is 4.98 Å². The van der Waals surface area contributed by atoms with Crippen molar-refractivity contribution in [1.29, 1.82) is 5.26 Å². The lowest BCUT2D eigenvalue weighted by Gasteiger charge is -2.39. The highest BCUT2D eigenvalue weighted by atomic mass is 32.1. The van der Waals surface area contributed by atoms with Crippen LogP contribution in [0.25, 0.3) is 11.0 Å². The molecule has 2 aromatic heterocycles. The number of para-hydroxylation sites is 2. The second-order valence-electron chi connectivity index (χ2n) is 9.68. The van der Waals surface area contributed by atoms with Crippen LogP contribution in [0.2, 0.25) is 0 Å². The van der Waals surface area contributed by atoms with Crippen molar-refractivity contribution in [1.82, 2.24) is 9.55 Å². The second kappa shape index (κ2) is 9.53. The molecule has 0 bridgehead atoms. The van der Waals surface area contributed by atoms with Crippen LogP contribution in [0.3, 0.4) is 0 Å². The van der Waals surface area contributed by atoms with E-state index in [1.807, 2.05) is 37.5 Å². The number of non-ortho nitro benzene ring substituents is 1. The number of aryl methyl sites for hydroxylation is 1. The van der Waals surface area contributed by atoms with Crippen molar-refractivity contribution >= 4 is 39.5 Å². The number of ketones is 1. The van der Waals surface area contributed by atoms with Crippen LogP contribution in [0.1, 0.15) is 40.5 Å². The fourth-order valence-corrected chi connectivity index (χ4v) is 6.74. The summed E-state index contributed by atoms with van der Waals surface area (Å²) in [6.45, 7) is 2.65. The Kier molecular flexibility index (Phi) is 6.00. The molecule has 0 saturated heterocycles. The van der Waals surface area contributed by atoms with Gasteiger partial charge < -0.3 is 10.3 Å². The summed E-state index contributed by atoms with van der Waals surface area (Å²) < 4.78 is 2.09. The van der Waals surface area contributed by atoms with Crippen LogP contribution in [0, 0.1) is 28.4 Å². The summed E-state index contributed by atoms with van der Waals surface area (Å²) in [6, 6.07) is 18.4. The molecule has 1 atom stereocenters. The fraction of sp³-hybridized carbons (Fsp3) is 0.207. The van der Waals surface area contributed by atoms with Gasteiger partial charge in [-0.3, -0.25) is 19.8 Å². The first-order valence-electron chi connectivity index (χ1n) is 12.6. The largest absolute Gasteiger partial charge is 0.384 e. The minimum atomic E-state index is -0.579. The molecule has 10 heteroatoms. The van der Waals surface area contributed by atoms with Crippen molar-refractivity contribution in [3.05, 3.63) is 109 Å². The lowest BCUT2D eigenvalue weighted by molar-refractivity contribution is -0.384. The molecule has 4 aromatic rings. The van der Waals surface area contributed by atoms with Gasteiger partial charge >= 0.3 is 0 Å². The maximum Gasteiger partial charge on any atom is 0.271 e. The van der Waals surface area contributed by atoms with Gasteiger partial charge in [0.05, 0.1) is 52.1 Å². The number of allylic oxidation sites excluding steroid dienone is 3. The van der Waals surface area contributed by atoms with Crippen molar-refractivity contribution < 1.29 is 9.72 Å². The summed E-state index contributed by atoms with van der Waals surface area (Å²) in [5, 5.41) is 21.8. The third-order valence-corrected chi connectivity index (χ3v) is 8.56. The Balaban J connectivity index is 1.46. The number of nitriles is 1. The Bertz CT molecular complexity index is 1770. The SMILES string of the molecule is Cc1sc([C@@H]2C(C#N)=C(N)N(c3cccc([N+](=O)[O-])c3)C3=C2C(=O)CCC3)cc1Cn1cnc2ccccc21. The number of benzene rings is 2. The average Bonchev–Trinajstić information content (AvgIpc) is 3.51. The summed E-state index contributed by atoms with van der Waals surface area (Å²) in [4.78, 5) is 32.6. The number of hydrogen-bond acceptors (Lipinski definition) is 8. The van der Waals surface area contributed by atoms with Crippen molar-refractivity contribution in [2.75, 3.05) is 4.90 Å². The molecule has 0 amide bonds. The number of fused-ring (bicyclic) bond motifs is 1. The zero-order valence-electron chi connectivity index (χ0n) is 21.1. The van der Waals surface area contributed by atoms with Gasteiger partial charge in [0.25, 0.3) is 5.69 Å². The first kappa shape index (κ1) is 24.6. The highest BCUT2D eigenvalue weighted by Gasteiger charge is 2.41. The molecule has 3 heterocycles. The number of aromatic nitrogens is 2. The standard InChI is InChI=1S/C29H24N6O3S/c1-17-18(15-33-16-32-22-8-2-3-9-23(22)33)12-26(39-17)27-21(14-30)29(31)34(24-10-5-11-25(36)28(24)27)19-6-4-7-20(13-19)35(37)38/h2-4,6-9,12-13,16,27H,5,10-11,15,31H2,1H3/t27-/m0/s1. The molecule has 2 N–H and O–H groups in total. The Hall–Kier alpha value is -4.75. The van der Waals surface area contributed by atoms with E-state index in [1.165, 1.54) is 12.1 Å². The van der Waals surface area contributed by atoms with Gasteiger partial charge in [0.1, 0.15) is 5.82 Å². The minimum Gasteiger partial charge on any atom is -0.384 e. The van der Waals surface area contributed by atoms with Crippen molar-refractivity contribution in [2.45, 2.75) is 38.6 Å². The number of Topliss-reactive ketones (excluding diaryl/α,β-unsaturated/α-hetero) is 1. The van der Waals surface area contributed by atoms with Crippen LogP contribution < -0.4 is 10.6 Å². The molecular formula is C29H24N6O3S. The van der Waals surface area contributed by atoms with Crippen LogP contribution in [-0.4, -0.2) is 20.3 Å². The predicted octanol–water partition coefficient (Wildman–Crippen LogP) is 5.67. The van der Waals surface area contributed by atoms with Gasteiger partial charge in [-0.15, -0.1) is 11.3 Å². The van der Waals surface area contributed by atoms with E-state index in [0.29, 0.717) is 42.8 Å². The van der Waals surface area contributed by atoms with E-state index in [1.54, 1.807) is 28.4 Å². The molecule has 2 aromatic carbocycles. The van der Waals surface area contributed by atoms with Gasteiger partial charge in [-0.2, -0.15) is 5.26 Å². The molecule has 1 aliphatic carbocycles. The number of thiophene rings is 1. The van der Waals surface area contributed by atoms with Crippen molar-refractivity contribution in [3.63, 3.8) is 0 Å². The topological polar surface area (TPSA) is 131 Å².